The molecule has 1 N–H and O–H groups in total. The molecule has 2 aliphatic rings. The molecule has 26 heavy (non-hydrogen) atoms. The molecule has 2 heterocycles. The zero-order valence-corrected chi connectivity index (χ0v) is 15.7. The highest BCUT2D eigenvalue weighted by atomic mass is 16.5. The van der Waals surface area contributed by atoms with Gasteiger partial charge in [-0.05, 0) is 49.1 Å². The molecular weight excluding hydrogens is 324 g/mol. The average Bonchev–Trinajstić information content (AvgIpc) is 2.64. The highest BCUT2D eigenvalue weighted by molar-refractivity contribution is 5.27. The number of methoxy groups -OCH3 is 1. The summed E-state index contributed by atoms with van der Waals surface area (Å²) in [6.07, 6.45) is 5.23. The summed E-state index contributed by atoms with van der Waals surface area (Å²) in [6, 6.07) is 12.4. The minimum atomic E-state index is -0.775. The van der Waals surface area contributed by atoms with E-state index in [2.05, 4.69) is 28.1 Å². The van der Waals surface area contributed by atoms with Crippen LogP contribution in [0.4, 0.5) is 0 Å². The molecule has 1 aromatic heterocycles. The Morgan fingerprint density at radius 1 is 1.12 bits per heavy atom. The number of fused-ring (bicyclic) bond motifs is 2. The fourth-order valence-electron chi connectivity index (χ4n) is 4.78. The van der Waals surface area contributed by atoms with Crippen molar-refractivity contribution in [3.63, 3.8) is 0 Å². The number of pyridine rings is 1. The van der Waals surface area contributed by atoms with E-state index in [4.69, 9.17) is 4.74 Å². The average molecular weight is 352 g/mol. The monoisotopic (exact) mass is 352 g/mol. The lowest BCUT2D eigenvalue weighted by Gasteiger charge is -2.52. The highest BCUT2D eigenvalue weighted by Crippen LogP contribution is 2.48. The maximum Gasteiger partial charge on any atom is 0.118 e. The predicted molar refractivity (Wildman–Crippen MR) is 102 cm³/mol. The maximum atomic E-state index is 11.7. The SMILES string of the molecule is COc1ccc(CN2C[C@@H]3CCC[C@@H](C2)C3(O)c2ccc(C)cn2)cc1. The van der Waals surface area contributed by atoms with Gasteiger partial charge in [-0.15, -0.1) is 0 Å². The van der Waals surface area contributed by atoms with E-state index in [9.17, 15) is 5.11 Å². The smallest absolute Gasteiger partial charge is 0.118 e. The van der Waals surface area contributed by atoms with Crippen LogP contribution in [-0.4, -0.2) is 35.2 Å². The zero-order chi connectivity index (χ0) is 18.1. The van der Waals surface area contributed by atoms with Gasteiger partial charge in [0.1, 0.15) is 11.4 Å². The van der Waals surface area contributed by atoms with Crippen LogP contribution in [0.25, 0.3) is 0 Å². The van der Waals surface area contributed by atoms with Crippen molar-refractivity contribution in [2.24, 2.45) is 11.8 Å². The van der Waals surface area contributed by atoms with Gasteiger partial charge in [0.15, 0.2) is 0 Å². The van der Waals surface area contributed by atoms with Gasteiger partial charge in [-0.1, -0.05) is 24.6 Å². The van der Waals surface area contributed by atoms with Crippen molar-refractivity contribution < 1.29 is 9.84 Å². The fourth-order valence-corrected chi connectivity index (χ4v) is 4.78. The van der Waals surface area contributed by atoms with Crippen molar-refractivity contribution in [2.45, 2.75) is 38.3 Å². The third-order valence-corrected chi connectivity index (χ3v) is 6.19. The lowest BCUT2D eigenvalue weighted by molar-refractivity contribution is -0.151. The van der Waals surface area contributed by atoms with Gasteiger partial charge in [-0.3, -0.25) is 9.88 Å². The molecule has 4 rings (SSSR count). The molecule has 1 saturated carbocycles. The molecule has 1 aromatic carbocycles. The summed E-state index contributed by atoms with van der Waals surface area (Å²) in [5.41, 5.74) is 2.52. The van der Waals surface area contributed by atoms with Crippen molar-refractivity contribution in [3.05, 3.63) is 59.4 Å². The fraction of sp³-hybridized carbons (Fsp3) is 0.500. The van der Waals surface area contributed by atoms with Gasteiger partial charge >= 0.3 is 0 Å². The van der Waals surface area contributed by atoms with Gasteiger partial charge in [0.05, 0.1) is 12.8 Å². The van der Waals surface area contributed by atoms with E-state index >= 15 is 0 Å². The Balaban J connectivity index is 1.53. The zero-order valence-electron chi connectivity index (χ0n) is 15.7. The van der Waals surface area contributed by atoms with Crippen LogP contribution in [0, 0.1) is 18.8 Å². The molecule has 2 aromatic rings. The van der Waals surface area contributed by atoms with Crippen LogP contribution >= 0.6 is 0 Å². The molecule has 4 heteroatoms. The second-order valence-electron chi connectivity index (χ2n) is 7.91. The number of nitrogens with zero attached hydrogens (tertiary/aromatic N) is 2. The number of piperidine rings is 1. The number of ether oxygens (including phenoxy) is 1. The predicted octanol–water partition coefficient (Wildman–Crippen LogP) is 3.52. The van der Waals surface area contributed by atoms with Gasteiger partial charge in [0.25, 0.3) is 0 Å². The number of likely N-dealkylation sites (tertiary alicyclic amines) is 1. The number of benzene rings is 1. The first-order valence-electron chi connectivity index (χ1n) is 9.60. The number of aryl methyl sites for hydroxylation is 1. The van der Waals surface area contributed by atoms with Crippen LogP contribution in [0.5, 0.6) is 5.75 Å². The lowest BCUT2D eigenvalue weighted by atomic mass is 9.64. The Labute approximate surface area is 155 Å². The first kappa shape index (κ1) is 17.5. The van der Waals surface area contributed by atoms with Gasteiger partial charge in [0, 0.05) is 37.7 Å². The van der Waals surface area contributed by atoms with E-state index in [0.717, 1.165) is 49.5 Å². The third-order valence-electron chi connectivity index (χ3n) is 6.19. The highest BCUT2D eigenvalue weighted by Gasteiger charge is 2.52. The summed E-state index contributed by atoms with van der Waals surface area (Å²) in [6.45, 7) is 4.82. The molecule has 2 fully saturated rings. The van der Waals surface area contributed by atoms with Crippen LogP contribution in [-0.2, 0) is 12.1 Å². The second kappa shape index (κ2) is 7.01. The lowest BCUT2D eigenvalue weighted by Crippen LogP contribution is -2.58. The molecule has 138 valence electrons. The molecule has 1 aliphatic carbocycles. The van der Waals surface area contributed by atoms with E-state index < -0.39 is 5.60 Å². The van der Waals surface area contributed by atoms with Crippen molar-refractivity contribution in [1.29, 1.82) is 0 Å². The molecule has 0 radical (unpaired) electrons. The minimum Gasteiger partial charge on any atom is -0.497 e. The Morgan fingerprint density at radius 3 is 2.38 bits per heavy atom. The molecule has 0 spiro atoms. The molecule has 1 saturated heterocycles. The van der Waals surface area contributed by atoms with Crippen LogP contribution in [0.2, 0.25) is 0 Å². The second-order valence-corrected chi connectivity index (χ2v) is 7.91. The molecule has 0 unspecified atom stereocenters. The van der Waals surface area contributed by atoms with Crippen molar-refractivity contribution in [3.8, 4) is 5.75 Å². The number of aliphatic hydroxyl groups is 1. The third kappa shape index (κ3) is 3.12. The van der Waals surface area contributed by atoms with Crippen LogP contribution < -0.4 is 4.74 Å². The van der Waals surface area contributed by atoms with Crippen molar-refractivity contribution in [2.75, 3.05) is 20.2 Å². The summed E-state index contributed by atoms with van der Waals surface area (Å²) in [4.78, 5) is 7.10. The summed E-state index contributed by atoms with van der Waals surface area (Å²) >= 11 is 0. The van der Waals surface area contributed by atoms with Crippen molar-refractivity contribution in [1.82, 2.24) is 9.88 Å². The topological polar surface area (TPSA) is 45.6 Å². The van der Waals surface area contributed by atoms with Crippen molar-refractivity contribution >= 4 is 0 Å². The van der Waals surface area contributed by atoms with Gasteiger partial charge in [-0.2, -0.15) is 0 Å². The molecule has 1 aliphatic heterocycles. The number of rotatable bonds is 4. The van der Waals surface area contributed by atoms with Crippen LogP contribution in [0.3, 0.4) is 0 Å². The van der Waals surface area contributed by atoms with E-state index in [1.165, 1.54) is 12.0 Å². The molecule has 2 atom stereocenters. The van der Waals surface area contributed by atoms with Gasteiger partial charge in [-0.25, -0.2) is 0 Å². The largest absolute Gasteiger partial charge is 0.497 e. The number of aromatic nitrogens is 1. The Bertz CT molecular complexity index is 728. The summed E-state index contributed by atoms with van der Waals surface area (Å²) in [5.74, 6) is 1.40. The Hall–Kier alpha value is -1.91. The van der Waals surface area contributed by atoms with E-state index in [1.807, 2.05) is 31.3 Å². The maximum absolute atomic E-state index is 11.7. The molecular formula is C22H28N2O2. The number of hydrogen-bond donors (Lipinski definition) is 1. The van der Waals surface area contributed by atoms with Gasteiger partial charge in [0.2, 0.25) is 0 Å². The first-order chi connectivity index (χ1) is 12.6. The first-order valence-corrected chi connectivity index (χ1v) is 9.60. The molecule has 4 nitrogen and oxygen atoms in total. The quantitative estimate of drug-likeness (QED) is 0.914. The molecule has 0 amide bonds. The molecule has 2 bridgehead atoms. The Kier molecular flexibility index (Phi) is 4.72. The normalized spacial score (nSPS) is 28.7. The minimum absolute atomic E-state index is 0.253. The summed E-state index contributed by atoms with van der Waals surface area (Å²) < 4.78 is 5.25. The van der Waals surface area contributed by atoms with Crippen LogP contribution in [0.1, 0.15) is 36.1 Å². The van der Waals surface area contributed by atoms with Gasteiger partial charge < -0.3 is 9.84 Å². The van der Waals surface area contributed by atoms with E-state index in [1.54, 1.807) is 7.11 Å². The summed E-state index contributed by atoms with van der Waals surface area (Å²) in [7, 11) is 1.70. The Morgan fingerprint density at radius 2 is 1.81 bits per heavy atom. The number of hydrogen-bond acceptors (Lipinski definition) is 4. The van der Waals surface area contributed by atoms with Crippen LogP contribution in [0.15, 0.2) is 42.6 Å². The van der Waals surface area contributed by atoms with E-state index in [-0.39, 0.29) is 11.8 Å². The van der Waals surface area contributed by atoms with E-state index in [0.29, 0.717) is 0 Å². The standard InChI is InChI=1S/C22H28N2O2/c1-16-6-11-21(23-12-16)22(25)18-4-3-5-19(22)15-24(14-18)13-17-7-9-20(26-2)10-8-17/h6-12,18-19,25H,3-5,13-15H2,1-2H3/t18-,19-/m0/s1. The summed E-state index contributed by atoms with van der Waals surface area (Å²) in [5, 5.41) is 11.7.